The zero-order valence-corrected chi connectivity index (χ0v) is 16.8. The van der Waals surface area contributed by atoms with Crippen molar-refractivity contribution >= 4 is 41.5 Å². The van der Waals surface area contributed by atoms with E-state index in [0.717, 1.165) is 36.7 Å². The highest BCUT2D eigenvalue weighted by Gasteiger charge is 2.00. The first kappa shape index (κ1) is 21.7. The Morgan fingerprint density at radius 3 is 2.61 bits per heavy atom. The SMILES string of the molecule is CCNC(=NCc1cccc(NC(C)=O)c1)NCCC(C)C.I. The first-order valence-corrected chi connectivity index (χ1v) is 7.90. The quantitative estimate of drug-likeness (QED) is 0.352. The smallest absolute Gasteiger partial charge is 0.221 e. The Kier molecular flexibility index (Phi) is 11.5. The Balaban J connectivity index is 0.00000484. The Labute approximate surface area is 156 Å². The first-order valence-electron chi connectivity index (χ1n) is 7.90. The van der Waals surface area contributed by atoms with Crippen LogP contribution in [0, 0.1) is 5.92 Å². The second-order valence-electron chi connectivity index (χ2n) is 5.69. The van der Waals surface area contributed by atoms with Crippen LogP contribution in [-0.4, -0.2) is 25.0 Å². The van der Waals surface area contributed by atoms with Crippen LogP contribution >= 0.6 is 24.0 Å². The molecule has 0 atom stereocenters. The molecule has 0 saturated carbocycles. The second-order valence-corrected chi connectivity index (χ2v) is 5.69. The molecular formula is C17H29IN4O. The van der Waals surface area contributed by atoms with E-state index in [1.165, 1.54) is 6.92 Å². The van der Waals surface area contributed by atoms with Crippen molar-refractivity contribution in [2.75, 3.05) is 18.4 Å². The number of anilines is 1. The summed E-state index contributed by atoms with van der Waals surface area (Å²) in [5, 5.41) is 9.37. The van der Waals surface area contributed by atoms with Crippen molar-refractivity contribution in [3.63, 3.8) is 0 Å². The van der Waals surface area contributed by atoms with Gasteiger partial charge in [0.1, 0.15) is 0 Å². The van der Waals surface area contributed by atoms with Gasteiger partial charge < -0.3 is 16.0 Å². The van der Waals surface area contributed by atoms with Gasteiger partial charge in [-0.15, -0.1) is 24.0 Å². The minimum absolute atomic E-state index is 0. The van der Waals surface area contributed by atoms with E-state index >= 15 is 0 Å². The van der Waals surface area contributed by atoms with Gasteiger partial charge in [0.25, 0.3) is 0 Å². The van der Waals surface area contributed by atoms with Crippen LogP contribution < -0.4 is 16.0 Å². The number of hydrogen-bond acceptors (Lipinski definition) is 2. The van der Waals surface area contributed by atoms with Gasteiger partial charge in [0.15, 0.2) is 5.96 Å². The Bertz CT molecular complexity index is 503. The largest absolute Gasteiger partial charge is 0.357 e. The summed E-state index contributed by atoms with van der Waals surface area (Å²) >= 11 is 0. The van der Waals surface area contributed by atoms with E-state index in [9.17, 15) is 4.79 Å². The molecule has 0 spiro atoms. The fraction of sp³-hybridized carbons (Fsp3) is 0.529. The Morgan fingerprint density at radius 2 is 2.00 bits per heavy atom. The molecule has 130 valence electrons. The lowest BCUT2D eigenvalue weighted by Crippen LogP contribution is -2.38. The van der Waals surface area contributed by atoms with Crippen LogP contribution in [0.5, 0.6) is 0 Å². The average molecular weight is 432 g/mol. The molecule has 3 N–H and O–H groups in total. The highest BCUT2D eigenvalue weighted by molar-refractivity contribution is 14.0. The van der Waals surface area contributed by atoms with Gasteiger partial charge in [0.05, 0.1) is 6.54 Å². The van der Waals surface area contributed by atoms with Crippen molar-refractivity contribution < 1.29 is 4.79 Å². The monoisotopic (exact) mass is 432 g/mol. The molecule has 1 rings (SSSR count). The highest BCUT2D eigenvalue weighted by atomic mass is 127. The van der Waals surface area contributed by atoms with Gasteiger partial charge in [0.2, 0.25) is 5.91 Å². The van der Waals surface area contributed by atoms with Crippen molar-refractivity contribution in [1.29, 1.82) is 0 Å². The lowest BCUT2D eigenvalue weighted by atomic mass is 10.1. The summed E-state index contributed by atoms with van der Waals surface area (Å²) in [5.74, 6) is 1.43. The number of nitrogens with one attached hydrogen (secondary N) is 3. The molecule has 6 heteroatoms. The summed E-state index contributed by atoms with van der Waals surface area (Å²) in [6, 6.07) is 7.75. The number of carbonyl (C=O) groups is 1. The van der Waals surface area contributed by atoms with E-state index in [-0.39, 0.29) is 29.9 Å². The molecule has 0 aromatic heterocycles. The Morgan fingerprint density at radius 1 is 1.26 bits per heavy atom. The van der Waals surface area contributed by atoms with Crippen LogP contribution in [0.1, 0.15) is 39.7 Å². The second kappa shape index (κ2) is 12.2. The number of hydrogen-bond donors (Lipinski definition) is 3. The van der Waals surface area contributed by atoms with Crippen LogP contribution in [0.25, 0.3) is 0 Å². The minimum atomic E-state index is -0.0654. The van der Waals surface area contributed by atoms with Gasteiger partial charge in [-0.3, -0.25) is 4.79 Å². The molecular weight excluding hydrogens is 403 g/mol. The predicted octanol–water partition coefficient (Wildman–Crippen LogP) is 3.36. The van der Waals surface area contributed by atoms with Gasteiger partial charge in [-0.2, -0.15) is 0 Å². The molecule has 0 unspecified atom stereocenters. The molecule has 0 radical (unpaired) electrons. The van der Waals surface area contributed by atoms with Crippen LogP contribution in [0.3, 0.4) is 0 Å². The number of rotatable bonds is 7. The lowest BCUT2D eigenvalue weighted by molar-refractivity contribution is -0.114. The fourth-order valence-electron chi connectivity index (χ4n) is 1.94. The average Bonchev–Trinajstić information content (AvgIpc) is 2.44. The van der Waals surface area contributed by atoms with Crippen LogP contribution in [-0.2, 0) is 11.3 Å². The van der Waals surface area contributed by atoms with E-state index < -0.39 is 0 Å². The molecule has 0 bridgehead atoms. The summed E-state index contributed by atoms with van der Waals surface area (Å²) in [6.07, 6.45) is 1.11. The van der Waals surface area contributed by atoms with E-state index in [4.69, 9.17) is 0 Å². The van der Waals surface area contributed by atoms with Crippen molar-refractivity contribution in [1.82, 2.24) is 10.6 Å². The molecule has 23 heavy (non-hydrogen) atoms. The van der Waals surface area contributed by atoms with E-state index in [2.05, 4.69) is 41.7 Å². The maximum absolute atomic E-state index is 11.1. The maximum atomic E-state index is 11.1. The maximum Gasteiger partial charge on any atom is 0.221 e. The summed E-state index contributed by atoms with van der Waals surface area (Å²) in [7, 11) is 0. The topological polar surface area (TPSA) is 65.5 Å². The van der Waals surface area contributed by atoms with Crippen LogP contribution in [0.15, 0.2) is 29.3 Å². The number of benzene rings is 1. The molecule has 5 nitrogen and oxygen atoms in total. The molecule has 0 heterocycles. The third-order valence-corrected chi connectivity index (χ3v) is 3.03. The molecule has 1 amide bonds. The van der Waals surface area contributed by atoms with Gasteiger partial charge in [-0.1, -0.05) is 26.0 Å². The van der Waals surface area contributed by atoms with Gasteiger partial charge in [-0.25, -0.2) is 4.99 Å². The zero-order chi connectivity index (χ0) is 16.4. The summed E-state index contributed by atoms with van der Waals surface area (Å²) < 4.78 is 0. The van der Waals surface area contributed by atoms with E-state index in [1.807, 2.05) is 24.3 Å². The predicted molar refractivity (Wildman–Crippen MR) is 108 cm³/mol. The van der Waals surface area contributed by atoms with Crippen LogP contribution in [0.4, 0.5) is 5.69 Å². The number of carbonyl (C=O) groups excluding carboxylic acids is 1. The van der Waals surface area contributed by atoms with Crippen molar-refractivity contribution in [2.45, 2.75) is 40.7 Å². The third-order valence-electron chi connectivity index (χ3n) is 3.03. The molecule has 0 fully saturated rings. The van der Waals surface area contributed by atoms with Gasteiger partial charge in [0, 0.05) is 25.7 Å². The molecule has 1 aromatic carbocycles. The number of amides is 1. The third kappa shape index (κ3) is 10.1. The van der Waals surface area contributed by atoms with Crippen molar-refractivity contribution in [2.24, 2.45) is 10.9 Å². The number of aliphatic imine (C=N–C) groups is 1. The normalized spacial score (nSPS) is 10.9. The van der Waals surface area contributed by atoms with Gasteiger partial charge in [-0.05, 0) is 37.0 Å². The molecule has 0 saturated heterocycles. The molecule has 0 aliphatic carbocycles. The zero-order valence-electron chi connectivity index (χ0n) is 14.5. The lowest BCUT2D eigenvalue weighted by Gasteiger charge is -2.12. The van der Waals surface area contributed by atoms with E-state index in [0.29, 0.717) is 12.5 Å². The number of guanidine groups is 1. The first-order chi connectivity index (χ1) is 10.5. The highest BCUT2D eigenvalue weighted by Crippen LogP contribution is 2.11. The molecule has 0 aliphatic rings. The summed E-state index contributed by atoms with van der Waals surface area (Å²) in [5.41, 5.74) is 1.87. The minimum Gasteiger partial charge on any atom is -0.357 e. The summed E-state index contributed by atoms with van der Waals surface area (Å²) in [4.78, 5) is 15.7. The van der Waals surface area contributed by atoms with Gasteiger partial charge >= 0.3 is 0 Å². The van der Waals surface area contributed by atoms with Crippen LogP contribution in [0.2, 0.25) is 0 Å². The van der Waals surface area contributed by atoms with Crippen molar-refractivity contribution in [3.05, 3.63) is 29.8 Å². The number of nitrogens with zero attached hydrogens (tertiary/aromatic N) is 1. The van der Waals surface area contributed by atoms with E-state index in [1.54, 1.807) is 0 Å². The standard InChI is InChI=1S/C17H28N4O.HI/c1-5-18-17(19-10-9-13(2)3)20-12-15-7-6-8-16(11-15)21-14(4)22;/h6-8,11,13H,5,9-10,12H2,1-4H3,(H,21,22)(H2,18,19,20);1H. The molecule has 1 aromatic rings. The summed E-state index contributed by atoms with van der Waals surface area (Å²) in [6.45, 7) is 10.3. The van der Waals surface area contributed by atoms with Crippen molar-refractivity contribution in [3.8, 4) is 0 Å². The number of halogens is 1. The fourth-order valence-corrected chi connectivity index (χ4v) is 1.94. The Hall–Kier alpha value is -1.31. The molecule has 0 aliphatic heterocycles.